The molecule has 0 aromatic rings. The Labute approximate surface area is 103 Å². The zero-order chi connectivity index (χ0) is 12.8. The molecule has 1 atom stereocenters. The first-order valence-corrected chi connectivity index (χ1v) is 6.73. The number of nitrogens with one attached hydrogen (secondary N) is 1. The fourth-order valence-electron chi connectivity index (χ4n) is 1.39. The minimum Gasteiger partial charge on any atom is -0.310 e. The second-order valence-electron chi connectivity index (χ2n) is 6.13. The lowest BCUT2D eigenvalue weighted by Gasteiger charge is -2.31. The smallest absolute Gasteiger partial charge is 0.0189 e. The predicted molar refractivity (Wildman–Crippen MR) is 73.9 cm³/mol. The van der Waals surface area contributed by atoms with E-state index < -0.39 is 0 Å². The molecular weight excluding hydrogens is 196 g/mol. The molecule has 1 unspecified atom stereocenters. The van der Waals surface area contributed by atoms with Crippen LogP contribution in [0, 0.1) is 5.92 Å². The summed E-state index contributed by atoms with van der Waals surface area (Å²) in [5.74, 6) is 0.801. The van der Waals surface area contributed by atoms with E-state index in [0.29, 0.717) is 6.04 Å². The van der Waals surface area contributed by atoms with Crippen LogP contribution in [0.25, 0.3) is 0 Å². The van der Waals surface area contributed by atoms with Gasteiger partial charge in [-0.05, 0) is 53.1 Å². The fourth-order valence-corrected chi connectivity index (χ4v) is 1.39. The van der Waals surface area contributed by atoms with Gasteiger partial charge in [0.05, 0.1) is 0 Å². The number of hydrogen-bond donors (Lipinski definition) is 1. The van der Waals surface area contributed by atoms with E-state index in [9.17, 15) is 0 Å². The summed E-state index contributed by atoms with van der Waals surface area (Å²) in [6, 6.07) is 0.615. The first kappa shape index (κ1) is 15.9. The van der Waals surface area contributed by atoms with Crippen molar-refractivity contribution in [3.63, 3.8) is 0 Å². The summed E-state index contributed by atoms with van der Waals surface area (Å²) in [7, 11) is 2.23. The molecular formula is C14H32N2. The van der Waals surface area contributed by atoms with Crippen molar-refractivity contribution in [2.45, 2.75) is 66.0 Å². The minimum absolute atomic E-state index is 0.271. The molecule has 0 heterocycles. The summed E-state index contributed by atoms with van der Waals surface area (Å²) in [6.07, 6.45) is 2.47. The average Bonchev–Trinajstić information content (AvgIpc) is 2.22. The number of rotatable bonds is 8. The quantitative estimate of drug-likeness (QED) is 0.686. The van der Waals surface area contributed by atoms with Crippen molar-refractivity contribution in [1.29, 1.82) is 0 Å². The lowest BCUT2D eigenvalue weighted by molar-refractivity contribution is 0.220. The van der Waals surface area contributed by atoms with E-state index in [1.54, 1.807) is 0 Å². The third-order valence-electron chi connectivity index (χ3n) is 3.57. The molecule has 2 heteroatoms. The Morgan fingerprint density at radius 1 is 1.19 bits per heavy atom. The van der Waals surface area contributed by atoms with Crippen LogP contribution >= 0.6 is 0 Å². The molecule has 0 bridgehead atoms. The highest BCUT2D eigenvalue weighted by Crippen LogP contribution is 2.08. The second kappa shape index (κ2) is 7.29. The van der Waals surface area contributed by atoms with Crippen LogP contribution in [-0.2, 0) is 0 Å². The summed E-state index contributed by atoms with van der Waals surface area (Å²) in [4.78, 5) is 2.46. The van der Waals surface area contributed by atoms with E-state index in [2.05, 4.69) is 58.8 Å². The average molecular weight is 228 g/mol. The Morgan fingerprint density at radius 2 is 1.75 bits per heavy atom. The first-order valence-electron chi connectivity index (χ1n) is 6.73. The van der Waals surface area contributed by atoms with Crippen LogP contribution < -0.4 is 5.32 Å². The summed E-state index contributed by atoms with van der Waals surface area (Å²) >= 11 is 0. The monoisotopic (exact) mass is 228 g/mol. The first-order chi connectivity index (χ1) is 7.28. The molecule has 0 saturated carbocycles. The predicted octanol–water partition coefficient (Wildman–Crippen LogP) is 3.13. The van der Waals surface area contributed by atoms with Crippen LogP contribution in [0.5, 0.6) is 0 Å². The van der Waals surface area contributed by atoms with Gasteiger partial charge in [-0.2, -0.15) is 0 Å². The molecule has 0 aromatic carbocycles. The molecule has 0 saturated heterocycles. The molecule has 0 spiro atoms. The third kappa shape index (κ3) is 7.24. The minimum atomic E-state index is 0.271. The van der Waals surface area contributed by atoms with Crippen LogP contribution in [0.3, 0.4) is 0 Å². The summed E-state index contributed by atoms with van der Waals surface area (Å²) in [6.45, 7) is 15.9. The molecule has 0 rings (SSSR count). The lowest BCUT2D eigenvalue weighted by atomic mass is 10.0. The van der Waals surface area contributed by atoms with Gasteiger partial charge in [0.15, 0.2) is 0 Å². The Morgan fingerprint density at radius 3 is 2.19 bits per heavy atom. The molecule has 0 amide bonds. The second-order valence-corrected chi connectivity index (χ2v) is 6.13. The molecule has 0 fully saturated rings. The molecule has 16 heavy (non-hydrogen) atoms. The van der Waals surface area contributed by atoms with Gasteiger partial charge in [0.2, 0.25) is 0 Å². The van der Waals surface area contributed by atoms with Crippen molar-refractivity contribution < 1.29 is 0 Å². The van der Waals surface area contributed by atoms with E-state index in [-0.39, 0.29) is 5.54 Å². The van der Waals surface area contributed by atoms with Crippen LogP contribution in [0.15, 0.2) is 0 Å². The van der Waals surface area contributed by atoms with Gasteiger partial charge in [-0.15, -0.1) is 0 Å². The normalized spacial score (nSPS) is 14.8. The van der Waals surface area contributed by atoms with Gasteiger partial charge in [-0.1, -0.05) is 20.8 Å². The molecule has 2 nitrogen and oxygen atoms in total. The van der Waals surface area contributed by atoms with E-state index in [1.807, 2.05) is 0 Å². The molecule has 0 aliphatic carbocycles. The topological polar surface area (TPSA) is 15.3 Å². The third-order valence-corrected chi connectivity index (χ3v) is 3.57. The summed E-state index contributed by atoms with van der Waals surface area (Å²) in [5, 5.41) is 3.64. The van der Waals surface area contributed by atoms with Crippen molar-refractivity contribution in [2.75, 3.05) is 20.1 Å². The maximum atomic E-state index is 3.64. The Hall–Kier alpha value is -0.0800. The van der Waals surface area contributed by atoms with E-state index in [0.717, 1.165) is 12.5 Å². The highest BCUT2D eigenvalue weighted by Gasteiger charge is 2.16. The van der Waals surface area contributed by atoms with Crippen LogP contribution in [0.4, 0.5) is 0 Å². The SMILES string of the molecule is CCC(C)(C)NCC(C)N(C)CCC(C)C. The fraction of sp³-hybridized carbons (Fsp3) is 1.00. The number of nitrogens with zero attached hydrogens (tertiary/aromatic N) is 1. The van der Waals surface area contributed by atoms with Gasteiger partial charge >= 0.3 is 0 Å². The van der Waals surface area contributed by atoms with Gasteiger partial charge in [0.25, 0.3) is 0 Å². The van der Waals surface area contributed by atoms with Crippen molar-refractivity contribution in [2.24, 2.45) is 5.92 Å². The van der Waals surface area contributed by atoms with Gasteiger partial charge in [0, 0.05) is 18.1 Å². The van der Waals surface area contributed by atoms with E-state index in [1.165, 1.54) is 19.4 Å². The summed E-state index contributed by atoms with van der Waals surface area (Å²) < 4.78 is 0. The Bertz CT molecular complexity index is 176. The zero-order valence-electron chi connectivity index (χ0n) is 12.4. The molecule has 0 aliphatic rings. The van der Waals surface area contributed by atoms with Gasteiger partial charge < -0.3 is 10.2 Å². The van der Waals surface area contributed by atoms with Gasteiger partial charge in [-0.3, -0.25) is 0 Å². The van der Waals surface area contributed by atoms with Crippen molar-refractivity contribution in [1.82, 2.24) is 10.2 Å². The molecule has 0 aromatic heterocycles. The molecule has 0 aliphatic heterocycles. The molecule has 1 N–H and O–H groups in total. The van der Waals surface area contributed by atoms with Crippen LogP contribution in [-0.4, -0.2) is 36.6 Å². The standard InChI is InChI=1S/C14H32N2/c1-8-14(5,6)15-11-13(4)16(7)10-9-12(2)3/h12-13,15H,8-11H2,1-7H3. The van der Waals surface area contributed by atoms with E-state index in [4.69, 9.17) is 0 Å². The molecule has 98 valence electrons. The van der Waals surface area contributed by atoms with Gasteiger partial charge in [0.1, 0.15) is 0 Å². The van der Waals surface area contributed by atoms with E-state index >= 15 is 0 Å². The highest BCUT2D eigenvalue weighted by molar-refractivity contribution is 4.78. The maximum Gasteiger partial charge on any atom is 0.0189 e. The molecule has 0 radical (unpaired) electrons. The Kier molecular flexibility index (Phi) is 7.25. The van der Waals surface area contributed by atoms with Crippen LogP contribution in [0.2, 0.25) is 0 Å². The van der Waals surface area contributed by atoms with Gasteiger partial charge in [-0.25, -0.2) is 0 Å². The largest absolute Gasteiger partial charge is 0.310 e. The van der Waals surface area contributed by atoms with Crippen molar-refractivity contribution >= 4 is 0 Å². The van der Waals surface area contributed by atoms with Crippen molar-refractivity contribution in [3.05, 3.63) is 0 Å². The van der Waals surface area contributed by atoms with Crippen LogP contribution in [0.1, 0.15) is 54.4 Å². The Balaban J connectivity index is 3.83. The zero-order valence-corrected chi connectivity index (χ0v) is 12.4. The summed E-state index contributed by atoms with van der Waals surface area (Å²) in [5.41, 5.74) is 0.271. The number of hydrogen-bond acceptors (Lipinski definition) is 2. The number of likely N-dealkylation sites (N-methyl/N-ethyl adjacent to an activating group) is 1. The lowest BCUT2D eigenvalue weighted by Crippen LogP contribution is -2.46. The van der Waals surface area contributed by atoms with Crippen molar-refractivity contribution in [3.8, 4) is 0 Å². The highest BCUT2D eigenvalue weighted by atomic mass is 15.1. The maximum absolute atomic E-state index is 3.64.